The molecule has 0 unspecified atom stereocenters. The van der Waals surface area contributed by atoms with Gasteiger partial charge in [0, 0.05) is 31.4 Å². The van der Waals surface area contributed by atoms with Crippen LogP contribution < -0.4 is 0 Å². The van der Waals surface area contributed by atoms with Crippen LogP contribution in [0.1, 0.15) is 27.8 Å². The number of carbonyl (C=O) groups is 1. The van der Waals surface area contributed by atoms with Crippen molar-refractivity contribution in [3.8, 4) is 11.3 Å². The molecule has 1 aromatic carbocycles. The Hall–Kier alpha value is -2.96. The normalized spacial score (nSPS) is 14.6. The summed E-state index contributed by atoms with van der Waals surface area (Å²) >= 11 is 0. The van der Waals surface area contributed by atoms with Crippen LogP contribution in [0.4, 0.5) is 0 Å². The van der Waals surface area contributed by atoms with E-state index in [2.05, 4.69) is 15.4 Å². The lowest BCUT2D eigenvalue weighted by Gasteiger charge is -2.38. The van der Waals surface area contributed by atoms with Crippen LogP contribution in [0.3, 0.4) is 0 Å². The molecule has 0 spiro atoms. The van der Waals surface area contributed by atoms with E-state index in [1.165, 1.54) is 0 Å². The Morgan fingerprint density at radius 3 is 2.52 bits per heavy atom. The maximum atomic E-state index is 12.7. The molecule has 1 aliphatic heterocycles. The molecule has 1 saturated heterocycles. The summed E-state index contributed by atoms with van der Waals surface area (Å²) in [6.45, 7) is 5.09. The highest BCUT2D eigenvalue weighted by molar-refractivity contribution is 5.96. The number of aryl methyl sites for hydroxylation is 2. The number of nitrogens with zero attached hydrogens (tertiary/aromatic N) is 6. The van der Waals surface area contributed by atoms with E-state index in [0.29, 0.717) is 18.7 Å². The Labute approximate surface area is 145 Å². The predicted molar refractivity (Wildman–Crippen MR) is 93.1 cm³/mol. The molecule has 7 nitrogen and oxygen atoms in total. The standard InChI is InChI=1S/C18H20N6O/c1-12-17(13(2)22(3)20-12)18(25)23-9-15(10-23)24-11-16(19-21-24)14-7-5-4-6-8-14/h4-8,11,15H,9-10H2,1-3H3. The van der Waals surface area contributed by atoms with E-state index in [4.69, 9.17) is 0 Å². The van der Waals surface area contributed by atoms with Gasteiger partial charge in [-0.05, 0) is 13.8 Å². The van der Waals surface area contributed by atoms with Crippen LogP contribution in [0, 0.1) is 13.8 Å². The van der Waals surface area contributed by atoms with Gasteiger partial charge in [-0.25, -0.2) is 4.68 Å². The van der Waals surface area contributed by atoms with Gasteiger partial charge in [0.1, 0.15) is 5.69 Å². The second-order valence-corrected chi connectivity index (χ2v) is 6.48. The molecule has 128 valence electrons. The SMILES string of the molecule is Cc1nn(C)c(C)c1C(=O)N1CC(n2cc(-c3ccccc3)nn2)C1. The second kappa shape index (κ2) is 5.84. The van der Waals surface area contributed by atoms with Crippen molar-refractivity contribution >= 4 is 5.91 Å². The van der Waals surface area contributed by atoms with E-state index in [9.17, 15) is 4.79 Å². The third-order valence-electron chi connectivity index (χ3n) is 4.83. The summed E-state index contributed by atoms with van der Waals surface area (Å²) in [4.78, 5) is 14.6. The Morgan fingerprint density at radius 2 is 1.88 bits per heavy atom. The molecule has 1 aliphatic rings. The van der Waals surface area contributed by atoms with Crippen LogP contribution in [0.15, 0.2) is 36.5 Å². The number of benzene rings is 1. The molecule has 1 amide bonds. The lowest BCUT2D eigenvalue weighted by atomic mass is 10.1. The summed E-state index contributed by atoms with van der Waals surface area (Å²) in [5.41, 5.74) is 4.29. The Kier molecular flexibility index (Phi) is 3.63. The van der Waals surface area contributed by atoms with E-state index in [1.807, 2.05) is 67.0 Å². The van der Waals surface area contributed by atoms with Crippen LogP contribution in [-0.2, 0) is 7.05 Å². The minimum Gasteiger partial charge on any atom is -0.334 e. The monoisotopic (exact) mass is 336 g/mol. The molecule has 25 heavy (non-hydrogen) atoms. The lowest BCUT2D eigenvalue weighted by molar-refractivity contribution is 0.0497. The molecule has 0 atom stereocenters. The number of carbonyl (C=O) groups excluding carboxylic acids is 1. The highest BCUT2D eigenvalue weighted by atomic mass is 16.2. The van der Waals surface area contributed by atoms with Crippen molar-refractivity contribution in [2.45, 2.75) is 19.9 Å². The fourth-order valence-electron chi connectivity index (χ4n) is 3.23. The van der Waals surface area contributed by atoms with E-state index in [0.717, 1.165) is 22.6 Å². The van der Waals surface area contributed by atoms with E-state index in [-0.39, 0.29) is 11.9 Å². The highest BCUT2D eigenvalue weighted by Gasteiger charge is 2.35. The summed E-state index contributed by atoms with van der Waals surface area (Å²) in [5, 5.41) is 12.8. The first-order valence-corrected chi connectivity index (χ1v) is 8.31. The molecule has 0 N–H and O–H groups in total. The second-order valence-electron chi connectivity index (χ2n) is 6.48. The zero-order valence-corrected chi connectivity index (χ0v) is 14.5. The largest absolute Gasteiger partial charge is 0.334 e. The number of aromatic nitrogens is 5. The molecular weight excluding hydrogens is 316 g/mol. The number of likely N-dealkylation sites (tertiary alicyclic amines) is 1. The van der Waals surface area contributed by atoms with Gasteiger partial charge < -0.3 is 4.90 Å². The maximum Gasteiger partial charge on any atom is 0.257 e. The maximum absolute atomic E-state index is 12.7. The molecule has 0 saturated carbocycles. The molecule has 3 heterocycles. The molecule has 4 rings (SSSR count). The first-order valence-electron chi connectivity index (χ1n) is 8.31. The van der Waals surface area contributed by atoms with Crippen molar-refractivity contribution in [3.63, 3.8) is 0 Å². The zero-order valence-electron chi connectivity index (χ0n) is 14.5. The van der Waals surface area contributed by atoms with Gasteiger partial charge in [-0.2, -0.15) is 5.10 Å². The third kappa shape index (κ3) is 2.61. The average molecular weight is 336 g/mol. The van der Waals surface area contributed by atoms with Crippen LogP contribution in [-0.4, -0.2) is 48.7 Å². The van der Waals surface area contributed by atoms with Crippen LogP contribution >= 0.6 is 0 Å². The number of amides is 1. The quantitative estimate of drug-likeness (QED) is 0.733. The van der Waals surface area contributed by atoms with Gasteiger partial charge in [-0.3, -0.25) is 9.48 Å². The summed E-state index contributed by atoms with van der Waals surface area (Å²) < 4.78 is 3.61. The Morgan fingerprint density at radius 1 is 1.16 bits per heavy atom. The number of hydrogen-bond acceptors (Lipinski definition) is 4. The highest BCUT2D eigenvalue weighted by Crippen LogP contribution is 2.26. The number of rotatable bonds is 3. The van der Waals surface area contributed by atoms with E-state index < -0.39 is 0 Å². The van der Waals surface area contributed by atoms with Crippen LogP contribution in [0.25, 0.3) is 11.3 Å². The Bertz CT molecular complexity index is 920. The van der Waals surface area contributed by atoms with Crippen molar-refractivity contribution in [2.75, 3.05) is 13.1 Å². The first-order chi connectivity index (χ1) is 12.0. The van der Waals surface area contributed by atoms with Crippen molar-refractivity contribution < 1.29 is 4.79 Å². The molecule has 0 aliphatic carbocycles. The summed E-state index contributed by atoms with van der Waals surface area (Å²) in [6.07, 6.45) is 1.95. The van der Waals surface area contributed by atoms with Gasteiger partial charge in [0.05, 0.1) is 23.5 Å². The van der Waals surface area contributed by atoms with E-state index >= 15 is 0 Å². The summed E-state index contributed by atoms with van der Waals surface area (Å²) in [7, 11) is 1.86. The fourth-order valence-corrected chi connectivity index (χ4v) is 3.23. The fraction of sp³-hybridized carbons (Fsp3) is 0.333. The van der Waals surface area contributed by atoms with Gasteiger partial charge in [0.15, 0.2) is 0 Å². The topological polar surface area (TPSA) is 68.8 Å². The Balaban J connectivity index is 1.46. The molecule has 1 fully saturated rings. The smallest absolute Gasteiger partial charge is 0.257 e. The average Bonchev–Trinajstić information content (AvgIpc) is 3.12. The van der Waals surface area contributed by atoms with Crippen molar-refractivity contribution in [1.29, 1.82) is 0 Å². The summed E-state index contributed by atoms with van der Waals surface area (Å²) in [5.74, 6) is 0.0442. The molecular formula is C18H20N6O. The van der Waals surface area contributed by atoms with Crippen LogP contribution in [0.5, 0.6) is 0 Å². The minimum absolute atomic E-state index is 0.0442. The van der Waals surface area contributed by atoms with Crippen molar-refractivity contribution in [3.05, 3.63) is 53.5 Å². The minimum atomic E-state index is 0.0442. The molecule has 0 radical (unpaired) electrons. The first kappa shape index (κ1) is 15.6. The van der Waals surface area contributed by atoms with E-state index in [1.54, 1.807) is 4.68 Å². The number of hydrogen-bond donors (Lipinski definition) is 0. The summed E-state index contributed by atoms with van der Waals surface area (Å²) in [6, 6.07) is 10.1. The van der Waals surface area contributed by atoms with Crippen molar-refractivity contribution in [2.24, 2.45) is 7.05 Å². The van der Waals surface area contributed by atoms with Crippen molar-refractivity contribution in [1.82, 2.24) is 29.7 Å². The van der Waals surface area contributed by atoms with Gasteiger partial charge in [-0.1, -0.05) is 35.5 Å². The van der Waals surface area contributed by atoms with Gasteiger partial charge in [0.2, 0.25) is 0 Å². The van der Waals surface area contributed by atoms with Gasteiger partial charge in [-0.15, -0.1) is 5.10 Å². The lowest BCUT2D eigenvalue weighted by Crippen LogP contribution is -2.51. The predicted octanol–water partition coefficient (Wildman–Crippen LogP) is 1.99. The zero-order chi connectivity index (χ0) is 17.6. The molecule has 0 bridgehead atoms. The van der Waals surface area contributed by atoms with Crippen LogP contribution in [0.2, 0.25) is 0 Å². The van der Waals surface area contributed by atoms with Gasteiger partial charge in [0.25, 0.3) is 5.91 Å². The van der Waals surface area contributed by atoms with Gasteiger partial charge >= 0.3 is 0 Å². The molecule has 2 aromatic heterocycles. The molecule has 3 aromatic rings. The molecule has 7 heteroatoms. The third-order valence-corrected chi connectivity index (χ3v) is 4.83.